The summed E-state index contributed by atoms with van der Waals surface area (Å²) in [7, 11) is 0. The molecule has 0 aromatic rings. The summed E-state index contributed by atoms with van der Waals surface area (Å²) in [6.45, 7) is 8.87. The molecule has 0 aliphatic rings. The molecule has 0 unspecified atom stereocenters. The lowest BCUT2D eigenvalue weighted by molar-refractivity contribution is -0.123. The Labute approximate surface area is 114 Å². The zero-order valence-corrected chi connectivity index (χ0v) is 12.3. The van der Waals surface area contributed by atoms with Crippen molar-refractivity contribution >= 4 is 11.9 Å². The smallest absolute Gasteiger partial charge is 0.407 e. The number of Topliss-reactive ketones (excluding diaryl/α,β-unsaturated/α-hetero) is 1. The van der Waals surface area contributed by atoms with Crippen molar-refractivity contribution in [1.82, 2.24) is 5.32 Å². The summed E-state index contributed by atoms with van der Waals surface area (Å²) in [5.41, 5.74) is -0.495. The number of hydrogen-bond acceptors (Lipinski definition) is 5. The molecular weight excluding hydrogens is 250 g/mol. The number of amides is 1. The molecule has 0 radical (unpaired) electrons. The Kier molecular flexibility index (Phi) is 9.16. The van der Waals surface area contributed by atoms with E-state index in [1.54, 1.807) is 27.7 Å². The van der Waals surface area contributed by atoms with Crippen LogP contribution in [0.1, 0.15) is 34.1 Å². The number of ketones is 1. The second-order valence-electron chi connectivity index (χ2n) is 4.99. The fraction of sp³-hybridized carbons (Fsp3) is 0.846. The van der Waals surface area contributed by atoms with E-state index in [0.717, 1.165) is 0 Å². The SMILES string of the molecule is CCC(=O)COCCOCCNC(=O)OC(C)(C)C. The molecule has 112 valence electrons. The Morgan fingerprint density at radius 1 is 1.05 bits per heavy atom. The fourth-order valence-electron chi connectivity index (χ4n) is 1.05. The van der Waals surface area contributed by atoms with Crippen LogP contribution in [0.5, 0.6) is 0 Å². The van der Waals surface area contributed by atoms with Crippen molar-refractivity contribution in [3.05, 3.63) is 0 Å². The Morgan fingerprint density at radius 3 is 2.26 bits per heavy atom. The summed E-state index contributed by atoms with van der Waals surface area (Å²) in [6, 6.07) is 0. The van der Waals surface area contributed by atoms with E-state index in [2.05, 4.69) is 5.32 Å². The minimum Gasteiger partial charge on any atom is -0.444 e. The van der Waals surface area contributed by atoms with Gasteiger partial charge in [0.2, 0.25) is 0 Å². The highest BCUT2D eigenvalue weighted by molar-refractivity contribution is 5.79. The van der Waals surface area contributed by atoms with E-state index >= 15 is 0 Å². The number of rotatable bonds is 9. The van der Waals surface area contributed by atoms with Crippen molar-refractivity contribution in [1.29, 1.82) is 0 Å². The number of carbonyl (C=O) groups excluding carboxylic acids is 2. The monoisotopic (exact) mass is 275 g/mol. The van der Waals surface area contributed by atoms with Gasteiger partial charge in [0, 0.05) is 13.0 Å². The Bertz CT molecular complexity index is 273. The Morgan fingerprint density at radius 2 is 1.68 bits per heavy atom. The van der Waals surface area contributed by atoms with Crippen molar-refractivity contribution in [2.45, 2.75) is 39.7 Å². The lowest BCUT2D eigenvalue weighted by Crippen LogP contribution is -2.34. The van der Waals surface area contributed by atoms with Crippen molar-refractivity contribution in [3.8, 4) is 0 Å². The quantitative estimate of drug-likeness (QED) is 0.646. The Balaban J connectivity index is 3.32. The standard InChI is InChI=1S/C13H25NO5/c1-5-11(15)10-18-9-8-17-7-6-14-12(16)19-13(2,3)4/h5-10H2,1-4H3,(H,14,16). The number of ether oxygens (including phenoxy) is 3. The lowest BCUT2D eigenvalue weighted by Gasteiger charge is -2.19. The van der Waals surface area contributed by atoms with Crippen LogP contribution in [0.25, 0.3) is 0 Å². The molecule has 0 saturated heterocycles. The first kappa shape index (κ1) is 17.9. The molecule has 0 heterocycles. The topological polar surface area (TPSA) is 73.9 Å². The van der Waals surface area contributed by atoms with E-state index in [0.29, 0.717) is 32.8 Å². The second-order valence-corrected chi connectivity index (χ2v) is 4.99. The first-order valence-electron chi connectivity index (χ1n) is 6.49. The van der Waals surface area contributed by atoms with Crippen molar-refractivity contribution < 1.29 is 23.8 Å². The summed E-state index contributed by atoms with van der Waals surface area (Å²) in [5.74, 6) is 0.0755. The van der Waals surface area contributed by atoms with Gasteiger partial charge in [-0.1, -0.05) is 6.92 Å². The molecule has 0 aromatic carbocycles. The Hall–Kier alpha value is -1.14. The fourth-order valence-corrected chi connectivity index (χ4v) is 1.05. The van der Waals surface area contributed by atoms with Gasteiger partial charge in [0.1, 0.15) is 12.2 Å². The van der Waals surface area contributed by atoms with E-state index in [9.17, 15) is 9.59 Å². The van der Waals surface area contributed by atoms with Crippen LogP contribution < -0.4 is 5.32 Å². The minimum absolute atomic E-state index is 0.0755. The lowest BCUT2D eigenvalue weighted by atomic mass is 10.2. The van der Waals surface area contributed by atoms with Gasteiger partial charge in [0.25, 0.3) is 0 Å². The largest absolute Gasteiger partial charge is 0.444 e. The van der Waals surface area contributed by atoms with E-state index < -0.39 is 11.7 Å². The average molecular weight is 275 g/mol. The molecule has 0 bridgehead atoms. The van der Waals surface area contributed by atoms with Crippen molar-refractivity contribution in [2.24, 2.45) is 0 Å². The van der Waals surface area contributed by atoms with E-state index in [1.165, 1.54) is 0 Å². The van der Waals surface area contributed by atoms with Gasteiger partial charge in [0.15, 0.2) is 5.78 Å². The zero-order chi connectivity index (χ0) is 14.7. The summed E-state index contributed by atoms with van der Waals surface area (Å²) in [4.78, 5) is 22.2. The maximum atomic E-state index is 11.3. The molecule has 6 heteroatoms. The van der Waals surface area contributed by atoms with Gasteiger partial charge in [-0.25, -0.2) is 4.79 Å². The van der Waals surface area contributed by atoms with Crippen LogP contribution in [0.2, 0.25) is 0 Å². The molecule has 1 N–H and O–H groups in total. The minimum atomic E-state index is -0.495. The third-order valence-electron chi connectivity index (χ3n) is 1.94. The van der Waals surface area contributed by atoms with Gasteiger partial charge >= 0.3 is 6.09 Å². The predicted octanol–water partition coefficient (Wildman–Crippen LogP) is 1.52. The van der Waals surface area contributed by atoms with Gasteiger partial charge in [-0.2, -0.15) is 0 Å². The third-order valence-corrected chi connectivity index (χ3v) is 1.94. The first-order chi connectivity index (χ1) is 8.85. The molecule has 0 aromatic heterocycles. The molecule has 0 spiro atoms. The number of carbonyl (C=O) groups is 2. The van der Waals surface area contributed by atoms with Crippen LogP contribution in [-0.2, 0) is 19.0 Å². The summed E-state index contributed by atoms with van der Waals surface area (Å²) in [6.07, 6.45) is 0.0293. The molecule has 0 fully saturated rings. The maximum absolute atomic E-state index is 11.3. The van der Waals surface area contributed by atoms with Crippen molar-refractivity contribution in [2.75, 3.05) is 33.0 Å². The first-order valence-corrected chi connectivity index (χ1v) is 6.49. The van der Waals surface area contributed by atoms with Gasteiger partial charge in [-0.05, 0) is 20.8 Å². The van der Waals surface area contributed by atoms with Gasteiger partial charge in [-0.15, -0.1) is 0 Å². The highest BCUT2D eigenvalue weighted by Crippen LogP contribution is 2.05. The summed E-state index contributed by atoms with van der Waals surface area (Å²) in [5, 5.41) is 2.58. The molecule has 19 heavy (non-hydrogen) atoms. The average Bonchev–Trinajstić information content (AvgIpc) is 2.29. The molecule has 1 amide bonds. The van der Waals surface area contributed by atoms with Gasteiger partial charge in [0.05, 0.1) is 19.8 Å². The van der Waals surface area contributed by atoms with Crippen molar-refractivity contribution in [3.63, 3.8) is 0 Å². The van der Waals surface area contributed by atoms with E-state index in [1.807, 2.05) is 0 Å². The second kappa shape index (κ2) is 9.75. The summed E-state index contributed by atoms with van der Waals surface area (Å²) < 4.78 is 15.4. The van der Waals surface area contributed by atoms with E-state index in [4.69, 9.17) is 14.2 Å². The molecule has 0 rings (SSSR count). The van der Waals surface area contributed by atoms with Gasteiger partial charge in [-0.3, -0.25) is 4.79 Å². The maximum Gasteiger partial charge on any atom is 0.407 e. The van der Waals surface area contributed by atoms with E-state index in [-0.39, 0.29) is 12.4 Å². The van der Waals surface area contributed by atoms with Crippen LogP contribution in [-0.4, -0.2) is 50.4 Å². The van der Waals surface area contributed by atoms with Crippen LogP contribution in [0.15, 0.2) is 0 Å². The number of hydrogen-bond donors (Lipinski definition) is 1. The molecule has 0 saturated carbocycles. The normalized spacial score (nSPS) is 11.2. The highest BCUT2D eigenvalue weighted by atomic mass is 16.6. The van der Waals surface area contributed by atoms with Crippen LogP contribution >= 0.6 is 0 Å². The molecular formula is C13H25NO5. The molecule has 0 aliphatic carbocycles. The van der Waals surface area contributed by atoms with Crippen LogP contribution in [0.4, 0.5) is 4.79 Å². The third kappa shape index (κ3) is 13.1. The predicted molar refractivity (Wildman–Crippen MR) is 71.2 cm³/mol. The molecule has 0 aliphatic heterocycles. The number of alkyl carbamates (subject to hydrolysis) is 1. The zero-order valence-electron chi connectivity index (χ0n) is 12.3. The van der Waals surface area contributed by atoms with Gasteiger partial charge < -0.3 is 19.5 Å². The number of nitrogens with one attached hydrogen (secondary N) is 1. The van der Waals surface area contributed by atoms with Crippen LogP contribution in [0.3, 0.4) is 0 Å². The highest BCUT2D eigenvalue weighted by Gasteiger charge is 2.15. The van der Waals surface area contributed by atoms with Crippen LogP contribution in [0, 0.1) is 0 Å². The summed E-state index contributed by atoms with van der Waals surface area (Å²) >= 11 is 0. The molecule has 0 atom stereocenters. The molecule has 6 nitrogen and oxygen atoms in total.